The molecule has 0 amide bonds. The molecule has 1 aromatic heterocycles. The molecule has 0 aliphatic heterocycles. The minimum atomic E-state index is -0.745. The molecule has 1 heterocycles. The molecular weight excluding hydrogens is 298 g/mol. The van der Waals surface area contributed by atoms with E-state index in [1.807, 2.05) is 24.3 Å². The first-order valence-corrected chi connectivity index (χ1v) is 7.23. The lowest BCUT2D eigenvalue weighted by Crippen LogP contribution is -1.90. The SMILES string of the molecule is N#Cc1cc(F)c(Sc2nc3ccccc3s2)c(F)c1. The summed E-state index contributed by atoms with van der Waals surface area (Å²) in [6.45, 7) is 0. The van der Waals surface area contributed by atoms with E-state index in [1.165, 1.54) is 11.3 Å². The maximum atomic E-state index is 13.8. The standard InChI is InChI=1S/C14H6F2N2S2/c15-9-5-8(7-17)6-10(16)13(9)20-14-18-11-3-1-2-4-12(11)19-14/h1-6H. The lowest BCUT2D eigenvalue weighted by atomic mass is 10.2. The summed E-state index contributed by atoms with van der Waals surface area (Å²) in [6, 6.07) is 11.3. The third-order valence-corrected chi connectivity index (χ3v) is 4.78. The van der Waals surface area contributed by atoms with E-state index in [2.05, 4.69) is 4.98 Å². The van der Waals surface area contributed by atoms with Gasteiger partial charge in [-0.3, -0.25) is 0 Å². The monoisotopic (exact) mass is 304 g/mol. The highest BCUT2D eigenvalue weighted by molar-refractivity contribution is 8.01. The van der Waals surface area contributed by atoms with Crippen molar-refractivity contribution in [1.82, 2.24) is 4.98 Å². The molecule has 0 saturated heterocycles. The van der Waals surface area contributed by atoms with Crippen LogP contribution >= 0.6 is 23.1 Å². The van der Waals surface area contributed by atoms with Gasteiger partial charge < -0.3 is 0 Å². The topological polar surface area (TPSA) is 36.7 Å². The van der Waals surface area contributed by atoms with Crippen molar-refractivity contribution in [2.45, 2.75) is 9.24 Å². The number of hydrogen-bond acceptors (Lipinski definition) is 4. The Labute approximate surface area is 121 Å². The van der Waals surface area contributed by atoms with E-state index < -0.39 is 11.6 Å². The fourth-order valence-corrected chi connectivity index (χ4v) is 3.72. The Morgan fingerprint density at radius 1 is 1.15 bits per heavy atom. The van der Waals surface area contributed by atoms with Gasteiger partial charge in [0.25, 0.3) is 0 Å². The molecule has 0 fully saturated rings. The van der Waals surface area contributed by atoms with Crippen LogP contribution in [0.5, 0.6) is 0 Å². The summed E-state index contributed by atoms with van der Waals surface area (Å²) in [4.78, 5) is 4.18. The van der Waals surface area contributed by atoms with Gasteiger partial charge in [0.2, 0.25) is 0 Å². The van der Waals surface area contributed by atoms with Crippen molar-refractivity contribution < 1.29 is 8.78 Å². The predicted octanol–water partition coefficient (Wildman–Crippen LogP) is 4.60. The van der Waals surface area contributed by atoms with Crippen LogP contribution in [0.3, 0.4) is 0 Å². The highest BCUT2D eigenvalue weighted by Gasteiger charge is 2.15. The number of fused-ring (bicyclic) bond motifs is 1. The zero-order valence-electron chi connectivity index (χ0n) is 9.93. The van der Waals surface area contributed by atoms with Crippen LogP contribution in [0.15, 0.2) is 45.6 Å². The van der Waals surface area contributed by atoms with Gasteiger partial charge in [-0.15, -0.1) is 11.3 Å². The first kappa shape index (κ1) is 13.0. The average molecular weight is 304 g/mol. The van der Waals surface area contributed by atoms with Gasteiger partial charge in [0.1, 0.15) is 11.6 Å². The van der Waals surface area contributed by atoms with Crippen LogP contribution in [0, 0.1) is 23.0 Å². The molecule has 0 unspecified atom stereocenters. The van der Waals surface area contributed by atoms with Crippen molar-refractivity contribution >= 4 is 33.3 Å². The smallest absolute Gasteiger partial charge is 0.156 e. The van der Waals surface area contributed by atoms with Gasteiger partial charge >= 0.3 is 0 Å². The number of thiazole rings is 1. The Bertz CT molecular complexity index is 781. The highest BCUT2D eigenvalue weighted by Crippen LogP contribution is 2.37. The highest BCUT2D eigenvalue weighted by atomic mass is 32.2. The molecule has 6 heteroatoms. The van der Waals surface area contributed by atoms with Gasteiger partial charge in [0.15, 0.2) is 4.34 Å². The van der Waals surface area contributed by atoms with Gasteiger partial charge in [-0.25, -0.2) is 13.8 Å². The molecule has 0 aliphatic rings. The van der Waals surface area contributed by atoms with Crippen molar-refractivity contribution in [2.75, 3.05) is 0 Å². The van der Waals surface area contributed by atoms with E-state index in [0.717, 1.165) is 34.1 Å². The first-order valence-electron chi connectivity index (χ1n) is 5.60. The van der Waals surface area contributed by atoms with Crippen LogP contribution in [-0.4, -0.2) is 4.98 Å². The maximum Gasteiger partial charge on any atom is 0.156 e. The van der Waals surface area contributed by atoms with Crippen molar-refractivity contribution in [1.29, 1.82) is 5.26 Å². The van der Waals surface area contributed by atoms with E-state index in [4.69, 9.17) is 5.26 Å². The van der Waals surface area contributed by atoms with Gasteiger partial charge in [-0.1, -0.05) is 23.9 Å². The van der Waals surface area contributed by atoms with E-state index in [9.17, 15) is 8.78 Å². The van der Waals surface area contributed by atoms with E-state index in [1.54, 1.807) is 6.07 Å². The molecule has 3 rings (SSSR count). The Morgan fingerprint density at radius 2 is 1.85 bits per heavy atom. The zero-order chi connectivity index (χ0) is 14.1. The first-order chi connectivity index (χ1) is 9.67. The van der Waals surface area contributed by atoms with Crippen LogP contribution < -0.4 is 0 Å². The largest absolute Gasteiger partial charge is 0.229 e. The number of hydrogen-bond donors (Lipinski definition) is 0. The summed E-state index contributed by atoms with van der Waals surface area (Å²) in [7, 11) is 0. The van der Waals surface area contributed by atoms with Crippen LogP contribution in [0.1, 0.15) is 5.56 Å². The van der Waals surface area contributed by atoms with Gasteiger partial charge in [0.05, 0.1) is 26.7 Å². The Kier molecular flexibility index (Phi) is 3.38. The normalized spacial score (nSPS) is 10.7. The lowest BCUT2D eigenvalue weighted by molar-refractivity contribution is 0.540. The molecule has 2 aromatic carbocycles. The van der Waals surface area contributed by atoms with Gasteiger partial charge in [-0.05, 0) is 24.3 Å². The van der Waals surface area contributed by atoms with Crippen LogP contribution in [0.2, 0.25) is 0 Å². The molecule has 20 heavy (non-hydrogen) atoms. The number of nitriles is 1. The second-order valence-electron chi connectivity index (χ2n) is 3.93. The Morgan fingerprint density at radius 3 is 2.50 bits per heavy atom. The molecule has 0 bridgehead atoms. The summed E-state index contributed by atoms with van der Waals surface area (Å²) in [5.74, 6) is -1.49. The Hall–Kier alpha value is -1.97. The van der Waals surface area contributed by atoms with Crippen LogP contribution in [0.4, 0.5) is 8.78 Å². The molecule has 98 valence electrons. The molecule has 0 spiro atoms. The minimum absolute atomic E-state index is 0.0337. The fraction of sp³-hybridized carbons (Fsp3) is 0. The molecule has 0 N–H and O–H groups in total. The molecule has 0 atom stereocenters. The predicted molar refractivity (Wildman–Crippen MR) is 74.8 cm³/mol. The number of halogens is 2. The van der Waals surface area contributed by atoms with Crippen LogP contribution in [0.25, 0.3) is 10.2 Å². The molecule has 0 saturated carbocycles. The van der Waals surface area contributed by atoms with Gasteiger partial charge in [-0.2, -0.15) is 5.26 Å². The maximum absolute atomic E-state index is 13.8. The summed E-state index contributed by atoms with van der Waals surface area (Å²) < 4.78 is 29.1. The molecule has 0 radical (unpaired) electrons. The summed E-state index contributed by atoms with van der Waals surface area (Å²) in [5, 5.41) is 8.66. The van der Waals surface area contributed by atoms with Gasteiger partial charge in [0, 0.05) is 0 Å². The average Bonchev–Trinajstić information content (AvgIpc) is 2.85. The summed E-state index contributed by atoms with van der Waals surface area (Å²) >= 11 is 2.31. The number of para-hydroxylation sites is 1. The number of nitrogens with zero attached hydrogens (tertiary/aromatic N) is 2. The van der Waals surface area contributed by atoms with E-state index in [0.29, 0.717) is 4.34 Å². The zero-order valence-corrected chi connectivity index (χ0v) is 11.6. The van der Waals surface area contributed by atoms with Crippen LogP contribution in [-0.2, 0) is 0 Å². The minimum Gasteiger partial charge on any atom is -0.229 e. The summed E-state index contributed by atoms with van der Waals surface area (Å²) in [6.07, 6.45) is 0. The summed E-state index contributed by atoms with van der Waals surface area (Å²) in [5.41, 5.74) is 0.767. The van der Waals surface area contributed by atoms with E-state index in [-0.39, 0.29) is 10.5 Å². The number of rotatable bonds is 2. The van der Waals surface area contributed by atoms with E-state index >= 15 is 0 Å². The second-order valence-corrected chi connectivity index (χ2v) is 6.22. The fourth-order valence-electron chi connectivity index (χ4n) is 1.70. The third kappa shape index (κ3) is 2.38. The lowest BCUT2D eigenvalue weighted by Gasteiger charge is -2.02. The van der Waals surface area contributed by atoms with Crippen molar-refractivity contribution in [3.63, 3.8) is 0 Å². The number of aromatic nitrogens is 1. The molecule has 2 nitrogen and oxygen atoms in total. The van der Waals surface area contributed by atoms with Crippen molar-refractivity contribution in [3.8, 4) is 6.07 Å². The number of benzene rings is 2. The molecular formula is C14H6F2N2S2. The quantitative estimate of drug-likeness (QED) is 0.694. The second kappa shape index (κ2) is 5.19. The molecule has 0 aliphatic carbocycles. The molecule has 3 aromatic rings. The van der Waals surface area contributed by atoms with Crippen molar-refractivity contribution in [2.24, 2.45) is 0 Å². The van der Waals surface area contributed by atoms with Crippen molar-refractivity contribution in [3.05, 3.63) is 53.6 Å². The third-order valence-electron chi connectivity index (χ3n) is 2.59. The Balaban J connectivity index is 2.01.